The molecule has 0 bridgehead atoms. The molecule has 0 radical (unpaired) electrons. The Kier molecular flexibility index (Phi) is 5.49. The highest BCUT2D eigenvalue weighted by Gasteiger charge is 2.02. The van der Waals surface area contributed by atoms with Gasteiger partial charge in [-0.05, 0) is 30.4 Å². The molecule has 21 heavy (non-hydrogen) atoms. The molecule has 0 aliphatic rings. The SMILES string of the molecule is Cc1ccccc1CNc1nncc(NCCC(C)C)n1. The molecular formula is C16H23N5. The van der Waals surface area contributed by atoms with E-state index >= 15 is 0 Å². The van der Waals surface area contributed by atoms with Crippen LogP contribution in [-0.2, 0) is 6.54 Å². The van der Waals surface area contributed by atoms with Gasteiger partial charge in [-0.1, -0.05) is 38.1 Å². The molecule has 0 saturated heterocycles. The molecule has 1 aromatic carbocycles. The first kappa shape index (κ1) is 15.2. The summed E-state index contributed by atoms with van der Waals surface area (Å²) in [7, 11) is 0. The van der Waals surface area contributed by atoms with E-state index in [2.05, 4.69) is 58.7 Å². The van der Waals surface area contributed by atoms with Crippen molar-refractivity contribution < 1.29 is 0 Å². The fourth-order valence-electron chi connectivity index (χ4n) is 1.94. The largest absolute Gasteiger partial charge is 0.369 e. The van der Waals surface area contributed by atoms with Crippen LogP contribution in [0.25, 0.3) is 0 Å². The van der Waals surface area contributed by atoms with Crippen molar-refractivity contribution in [3.63, 3.8) is 0 Å². The normalized spacial score (nSPS) is 10.7. The van der Waals surface area contributed by atoms with Crippen LogP contribution in [-0.4, -0.2) is 21.7 Å². The molecular weight excluding hydrogens is 262 g/mol. The average Bonchev–Trinajstić information content (AvgIpc) is 2.46. The number of nitrogens with one attached hydrogen (secondary N) is 2. The molecule has 0 aliphatic heterocycles. The van der Waals surface area contributed by atoms with Crippen LogP contribution in [0.15, 0.2) is 30.5 Å². The molecule has 0 fully saturated rings. The Morgan fingerprint density at radius 1 is 1.14 bits per heavy atom. The van der Waals surface area contributed by atoms with E-state index < -0.39 is 0 Å². The van der Waals surface area contributed by atoms with E-state index in [0.717, 1.165) is 18.8 Å². The van der Waals surface area contributed by atoms with Gasteiger partial charge in [-0.3, -0.25) is 0 Å². The number of aryl methyl sites for hydroxylation is 1. The van der Waals surface area contributed by atoms with Gasteiger partial charge in [0.25, 0.3) is 0 Å². The van der Waals surface area contributed by atoms with Crippen LogP contribution in [0.5, 0.6) is 0 Å². The third-order valence-electron chi connectivity index (χ3n) is 3.28. The zero-order valence-corrected chi connectivity index (χ0v) is 12.9. The summed E-state index contributed by atoms with van der Waals surface area (Å²) in [5.74, 6) is 1.98. The van der Waals surface area contributed by atoms with E-state index in [1.165, 1.54) is 11.1 Å². The molecule has 0 aliphatic carbocycles. The number of nitrogens with zero attached hydrogens (tertiary/aromatic N) is 3. The summed E-state index contributed by atoms with van der Waals surface area (Å²) in [5.41, 5.74) is 2.49. The van der Waals surface area contributed by atoms with Gasteiger partial charge >= 0.3 is 0 Å². The average molecular weight is 285 g/mol. The topological polar surface area (TPSA) is 62.7 Å². The van der Waals surface area contributed by atoms with Gasteiger partial charge in [0.15, 0.2) is 0 Å². The second-order valence-electron chi connectivity index (χ2n) is 5.55. The summed E-state index contributed by atoms with van der Waals surface area (Å²) in [6.45, 7) is 8.10. The van der Waals surface area contributed by atoms with Crippen molar-refractivity contribution in [3.05, 3.63) is 41.6 Å². The fraction of sp³-hybridized carbons (Fsp3) is 0.438. The van der Waals surface area contributed by atoms with Crippen LogP contribution in [0.3, 0.4) is 0 Å². The van der Waals surface area contributed by atoms with Gasteiger partial charge in [0.1, 0.15) is 5.82 Å². The van der Waals surface area contributed by atoms with Crippen LogP contribution in [0, 0.1) is 12.8 Å². The molecule has 0 unspecified atom stereocenters. The smallest absolute Gasteiger partial charge is 0.244 e. The summed E-state index contributed by atoms with van der Waals surface area (Å²) in [6, 6.07) is 8.27. The van der Waals surface area contributed by atoms with Crippen molar-refractivity contribution >= 4 is 11.8 Å². The van der Waals surface area contributed by atoms with Crippen molar-refractivity contribution in [1.29, 1.82) is 0 Å². The minimum Gasteiger partial charge on any atom is -0.369 e. The van der Waals surface area contributed by atoms with E-state index in [9.17, 15) is 0 Å². The molecule has 0 saturated carbocycles. The van der Waals surface area contributed by atoms with Crippen molar-refractivity contribution in [2.45, 2.75) is 33.7 Å². The van der Waals surface area contributed by atoms with Crippen LogP contribution in [0.2, 0.25) is 0 Å². The standard InChI is InChI=1S/C16H23N5/c1-12(2)8-9-17-15-11-19-21-16(20-15)18-10-14-7-5-4-6-13(14)3/h4-7,11-12H,8-10H2,1-3H3,(H2,17,18,20,21). The highest BCUT2D eigenvalue weighted by atomic mass is 15.3. The van der Waals surface area contributed by atoms with Gasteiger partial charge in [-0.25, -0.2) is 0 Å². The maximum absolute atomic E-state index is 4.42. The van der Waals surface area contributed by atoms with Gasteiger partial charge in [-0.15, -0.1) is 5.10 Å². The Labute approximate surface area is 126 Å². The predicted molar refractivity (Wildman–Crippen MR) is 86.3 cm³/mol. The molecule has 0 atom stereocenters. The molecule has 1 aromatic heterocycles. The highest BCUT2D eigenvalue weighted by molar-refractivity contribution is 5.38. The number of hydrogen-bond donors (Lipinski definition) is 2. The van der Waals surface area contributed by atoms with Crippen LogP contribution < -0.4 is 10.6 Å². The van der Waals surface area contributed by atoms with Crippen molar-refractivity contribution in [2.75, 3.05) is 17.2 Å². The lowest BCUT2D eigenvalue weighted by molar-refractivity contribution is 0.606. The number of aromatic nitrogens is 3. The maximum atomic E-state index is 4.42. The van der Waals surface area contributed by atoms with Gasteiger partial charge in [0.2, 0.25) is 5.95 Å². The lowest BCUT2D eigenvalue weighted by atomic mass is 10.1. The van der Waals surface area contributed by atoms with Gasteiger partial charge in [-0.2, -0.15) is 10.1 Å². The quantitative estimate of drug-likeness (QED) is 0.817. The summed E-state index contributed by atoms with van der Waals surface area (Å²) in [6.07, 6.45) is 2.76. The molecule has 5 nitrogen and oxygen atoms in total. The molecule has 0 spiro atoms. The summed E-state index contributed by atoms with van der Waals surface area (Å²) >= 11 is 0. The predicted octanol–water partition coefficient (Wildman–Crippen LogP) is 3.25. The minimum absolute atomic E-state index is 0.549. The molecule has 112 valence electrons. The van der Waals surface area contributed by atoms with Crippen molar-refractivity contribution in [1.82, 2.24) is 15.2 Å². The number of rotatable bonds is 7. The second-order valence-corrected chi connectivity index (χ2v) is 5.55. The molecule has 5 heteroatoms. The van der Waals surface area contributed by atoms with Crippen LogP contribution >= 0.6 is 0 Å². The zero-order valence-electron chi connectivity index (χ0n) is 12.9. The zero-order chi connectivity index (χ0) is 15.1. The summed E-state index contributed by atoms with van der Waals surface area (Å²) < 4.78 is 0. The Morgan fingerprint density at radius 2 is 1.95 bits per heavy atom. The van der Waals surface area contributed by atoms with Crippen molar-refractivity contribution in [2.24, 2.45) is 5.92 Å². The van der Waals surface area contributed by atoms with E-state index in [1.807, 2.05) is 12.1 Å². The first-order valence-corrected chi connectivity index (χ1v) is 7.37. The Hall–Kier alpha value is -2.17. The lowest BCUT2D eigenvalue weighted by Gasteiger charge is -2.09. The summed E-state index contributed by atoms with van der Waals surface area (Å²) in [5, 5.41) is 14.5. The molecule has 2 N–H and O–H groups in total. The van der Waals surface area contributed by atoms with Crippen molar-refractivity contribution in [3.8, 4) is 0 Å². The first-order valence-electron chi connectivity index (χ1n) is 7.37. The fourth-order valence-corrected chi connectivity index (χ4v) is 1.94. The Bertz CT molecular complexity index is 568. The molecule has 1 heterocycles. The number of anilines is 2. The van der Waals surface area contributed by atoms with Gasteiger partial charge in [0.05, 0.1) is 6.20 Å². The maximum Gasteiger partial charge on any atom is 0.244 e. The monoisotopic (exact) mass is 285 g/mol. The molecule has 2 rings (SSSR count). The van der Waals surface area contributed by atoms with E-state index in [4.69, 9.17) is 0 Å². The molecule has 0 amide bonds. The summed E-state index contributed by atoms with van der Waals surface area (Å²) in [4.78, 5) is 4.42. The van der Waals surface area contributed by atoms with Gasteiger partial charge < -0.3 is 10.6 Å². The van der Waals surface area contributed by atoms with Gasteiger partial charge in [0, 0.05) is 13.1 Å². The van der Waals surface area contributed by atoms with E-state index in [-0.39, 0.29) is 0 Å². The third kappa shape index (κ3) is 5.02. The van der Waals surface area contributed by atoms with E-state index in [0.29, 0.717) is 18.4 Å². The highest BCUT2D eigenvalue weighted by Crippen LogP contribution is 2.10. The number of hydrogen-bond acceptors (Lipinski definition) is 5. The Morgan fingerprint density at radius 3 is 2.71 bits per heavy atom. The van der Waals surface area contributed by atoms with Crippen LogP contribution in [0.1, 0.15) is 31.4 Å². The number of benzene rings is 1. The second kappa shape index (κ2) is 7.57. The minimum atomic E-state index is 0.549. The van der Waals surface area contributed by atoms with E-state index in [1.54, 1.807) is 6.20 Å². The Balaban J connectivity index is 1.90. The first-order chi connectivity index (χ1) is 10.1. The lowest BCUT2D eigenvalue weighted by Crippen LogP contribution is -2.10. The third-order valence-corrected chi connectivity index (χ3v) is 3.28. The van der Waals surface area contributed by atoms with Crippen LogP contribution in [0.4, 0.5) is 11.8 Å². The molecule has 2 aromatic rings.